The number of ether oxygens (including phenoxy) is 1. The number of guanidine groups is 1. The van der Waals surface area contributed by atoms with Crippen LogP contribution < -0.4 is 16.8 Å². The van der Waals surface area contributed by atoms with Crippen molar-refractivity contribution in [3.8, 4) is 0 Å². The third-order valence-corrected chi connectivity index (χ3v) is 5.06. The van der Waals surface area contributed by atoms with E-state index >= 15 is 0 Å². The van der Waals surface area contributed by atoms with E-state index in [0.717, 1.165) is 12.8 Å². The monoisotopic (exact) mass is 370 g/mol. The molecule has 6 N–H and O–H groups in total. The average molecular weight is 370 g/mol. The third kappa shape index (κ3) is 5.59. The van der Waals surface area contributed by atoms with Crippen LogP contribution in [0.15, 0.2) is 4.99 Å². The molecule has 150 valence electrons. The predicted octanol–water partition coefficient (Wildman–Crippen LogP) is 0.518. The number of nitrogens with zero attached hydrogens (tertiary/aromatic N) is 1. The van der Waals surface area contributed by atoms with Crippen LogP contribution in [-0.2, 0) is 14.3 Å². The van der Waals surface area contributed by atoms with Gasteiger partial charge in [-0.2, -0.15) is 0 Å². The summed E-state index contributed by atoms with van der Waals surface area (Å²) >= 11 is 0. The van der Waals surface area contributed by atoms with Crippen molar-refractivity contribution >= 4 is 17.8 Å². The van der Waals surface area contributed by atoms with Crippen molar-refractivity contribution < 1.29 is 19.4 Å². The van der Waals surface area contributed by atoms with Crippen LogP contribution >= 0.6 is 0 Å². The first-order chi connectivity index (χ1) is 12.1. The number of amides is 1. The fourth-order valence-electron chi connectivity index (χ4n) is 3.95. The van der Waals surface area contributed by atoms with Crippen molar-refractivity contribution in [2.75, 3.05) is 0 Å². The normalized spacial score (nSPS) is 26.6. The molecule has 0 aromatic heterocycles. The first-order valence-corrected chi connectivity index (χ1v) is 9.36. The maximum absolute atomic E-state index is 12.4. The molecule has 1 rings (SSSR count). The Balaban J connectivity index is 3.23. The summed E-state index contributed by atoms with van der Waals surface area (Å²) in [6, 6.07) is -0.792. The summed E-state index contributed by atoms with van der Waals surface area (Å²) in [7, 11) is 0. The zero-order valence-electron chi connectivity index (χ0n) is 16.4. The molecule has 0 radical (unpaired) electrons. The molecule has 1 aliphatic carbocycles. The molecular weight excluding hydrogens is 336 g/mol. The van der Waals surface area contributed by atoms with Gasteiger partial charge in [0, 0.05) is 18.9 Å². The molecule has 0 heterocycles. The van der Waals surface area contributed by atoms with Gasteiger partial charge in [0.15, 0.2) is 5.96 Å². The molecule has 0 bridgehead atoms. The predicted molar refractivity (Wildman–Crippen MR) is 100 cm³/mol. The van der Waals surface area contributed by atoms with Gasteiger partial charge in [-0.1, -0.05) is 26.7 Å². The number of carbonyl (C=O) groups excluding carboxylic acids is 2. The number of aliphatic imine (C=N–C) groups is 1. The standard InChI is InChI=1S/C18H34N4O4/c1-6-11(7-2)15(21-10(5)23)14-13(22-18(19)20)8-12(16(14)24)17(25)26-9(3)4/h9,11-16,24H,6-8H2,1-5H3,(H,21,23)(H4,19,20,22)/t12-,13+,14+,15-,16+/m0/s1. The first kappa shape index (κ1) is 22.2. The van der Waals surface area contributed by atoms with Gasteiger partial charge in [0.25, 0.3) is 0 Å². The number of aliphatic hydroxyl groups is 1. The second-order valence-corrected chi connectivity index (χ2v) is 7.32. The molecule has 1 aliphatic rings. The average Bonchev–Trinajstić information content (AvgIpc) is 2.82. The maximum Gasteiger partial charge on any atom is 0.311 e. The number of rotatable bonds is 8. The van der Waals surface area contributed by atoms with E-state index in [4.69, 9.17) is 16.2 Å². The molecule has 5 atom stereocenters. The lowest BCUT2D eigenvalue weighted by atomic mass is 9.80. The summed E-state index contributed by atoms with van der Waals surface area (Å²) in [6.07, 6.45) is 0.652. The van der Waals surface area contributed by atoms with Crippen LogP contribution in [0.5, 0.6) is 0 Å². The highest BCUT2D eigenvalue weighted by atomic mass is 16.5. The molecule has 0 unspecified atom stereocenters. The molecule has 1 fully saturated rings. The quantitative estimate of drug-likeness (QED) is 0.279. The van der Waals surface area contributed by atoms with Crippen LogP contribution in [0.3, 0.4) is 0 Å². The number of hydrogen-bond donors (Lipinski definition) is 4. The highest BCUT2D eigenvalue weighted by Crippen LogP contribution is 2.40. The minimum absolute atomic E-state index is 0.101. The highest BCUT2D eigenvalue weighted by Gasteiger charge is 2.51. The Bertz CT molecular complexity index is 515. The number of aliphatic hydroxyl groups excluding tert-OH is 1. The van der Waals surface area contributed by atoms with Crippen LogP contribution in [-0.4, -0.2) is 47.2 Å². The Morgan fingerprint density at radius 1 is 1.27 bits per heavy atom. The fourth-order valence-corrected chi connectivity index (χ4v) is 3.95. The van der Waals surface area contributed by atoms with E-state index < -0.39 is 30.0 Å². The van der Waals surface area contributed by atoms with Gasteiger partial charge in [-0.15, -0.1) is 0 Å². The Hall–Kier alpha value is -1.83. The molecule has 0 aromatic carbocycles. The van der Waals surface area contributed by atoms with Crippen LogP contribution in [0, 0.1) is 17.8 Å². The van der Waals surface area contributed by atoms with Gasteiger partial charge in [-0.05, 0) is 26.2 Å². The molecule has 0 saturated heterocycles. The second kappa shape index (κ2) is 9.75. The lowest BCUT2D eigenvalue weighted by molar-refractivity contribution is -0.156. The van der Waals surface area contributed by atoms with Gasteiger partial charge in [0.2, 0.25) is 5.91 Å². The summed E-state index contributed by atoms with van der Waals surface area (Å²) in [6.45, 7) is 9.02. The highest BCUT2D eigenvalue weighted by molar-refractivity contribution is 5.77. The second-order valence-electron chi connectivity index (χ2n) is 7.32. The minimum atomic E-state index is -0.994. The number of nitrogens with two attached hydrogens (primary N) is 2. The molecular formula is C18H34N4O4. The fraction of sp³-hybridized carbons (Fsp3) is 0.833. The molecule has 0 aliphatic heterocycles. The van der Waals surface area contributed by atoms with Gasteiger partial charge in [0.1, 0.15) is 0 Å². The lowest BCUT2D eigenvalue weighted by Crippen LogP contribution is -2.51. The summed E-state index contributed by atoms with van der Waals surface area (Å²) in [4.78, 5) is 28.4. The van der Waals surface area contributed by atoms with Crippen molar-refractivity contribution in [2.24, 2.45) is 34.2 Å². The van der Waals surface area contributed by atoms with Crippen molar-refractivity contribution in [1.29, 1.82) is 0 Å². The van der Waals surface area contributed by atoms with E-state index in [1.807, 2.05) is 13.8 Å². The number of carbonyl (C=O) groups is 2. The lowest BCUT2D eigenvalue weighted by Gasteiger charge is -2.35. The van der Waals surface area contributed by atoms with Crippen LogP contribution in [0.25, 0.3) is 0 Å². The Labute approximate surface area is 155 Å². The molecule has 1 saturated carbocycles. The number of esters is 1. The van der Waals surface area contributed by atoms with E-state index in [1.54, 1.807) is 13.8 Å². The number of hydrogen-bond acceptors (Lipinski definition) is 5. The molecule has 26 heavy (non-hydrogen) atoms. The molecule has 8 heteroatoms. The molecule has 1 amide bonds. The Morgan fingerprint density at radius 3 is 2.27 bits per heavy atom. The van der Waals surface area contributed by atoms with Crippen molar-refractivity contribution in [3.63, 3.8) is 0 Å². The summed E-state index contributed by atoms with van der Waals surface area (Å²) in [5.74, 6) is -1.80. The minimum Gasteiger partial charge on any atom is -0.463 e. The van der Waals surface area contributed by atoms with Crippen LogP contribution in [0.2, 0.25) is 0 Å². The van der Waals surface area contributed by atoms with Crippen molar-refractivity contribution in [2.45, 2.75) is 78.2 Å². The maximum atomic E-state index is 12.4. The largest absolute Gasteiger partial charge is 0.463 e. The van der Waals surface area contributed by atoms with Gasteiger partial charge in [-0.3, -0.25) is 9.59 Å². The zero-order chi connectivity index (χ0) is 20.0. The summed E-state index contributed by atoms with van der Waals surface area (Å²) < 4.78 is 5.28. The summed E-state index contributed by atoms with van der Waals surface area (Å²) in [5, 5.41) is 13.9. The smallest absolute Gasteiger partial charge is 0.311 e. The Morgan fingerprint density at radius 2 is 1.85 bits per heavy atom. The number of nitrogens with one attached hydrogen (secondary N) is 1. The molecule has 8 nitrogen and oxygen atoms in total. The van der Waals surface area contributed by atoms with E-state index in [0.29, 0.717) is 0 Å². The molecule has 0 aromatic rings. The zero-order valence-corrected chi connectivity index (χ0v) is 16.4. The van der Waals surface area contributed by atoms with Crippen LogP contribution in [0.4, 0.5) is 0 Å². The van der Waals surface area contributed by atoms with E-state index in [2.05, 4.69) is 10.3 Å². The summed E-state index contributed by atoms with van der Waals surface area (Å²) in [5.41, 5.74) is 11.1. The molecule has 0 spiro atoms. The third-order valence-electron chi connectivity index (χ3n) is 5.06. The van der Waals surface area contributed by atoms with Crippen molar-refractivity contribution in [1.82, 2.24) is 5.32 Å². The van der Waals surface area contributed by atoms with Crippen LogP contribution in [0.1, 0.15) is 53.9 Å². The van der Waals surface area contributed by atoms with E-state index in [1.165, 1.54) is 6.92 Å². The van der Waals surface area contributed by atoms with Gasteiger partial charge in [0.05, 0.1) is 24.2 Å². The van der Waals surface area contributed by atoms with E-state index in [-0.39, 0.29) is 36.4 Å². The first-order valence-electron chi connectivity index (χ1n) is 9.36. The van der Waals surface area contributed by atoms with Gasteiger partial charge >= 0.3 is 5.97 Å². The van der Waals surface area contributed by atoms with E-state index in [9.17, 15) is 14.7 Å². The van der Waals surface area contributed by atoms with Gasteiger partial charge in [-0.25, -0.2) is 4.99 Å². The van der Waals surface area contributed by atoms with Crippen molar-refractivity contribution in [3.05, 3.63) is 0 Å². The van der Waals surface area contributed by atoms with Gasteiger partial charge < -0.3 is 26.6 Å². The Kier molecular flexibility index (Phi) is 8.33. The SMILES string of the molecule is CCC(CC)[C@H](NC(C)=O)[C@@H]1[C@H](O)[C@@H](C(=O)OC(C)C)C[C@H]1N=C(N)N. The topological polar surface area (TPSA) is 140 Å².